The Morgan fingerprint density at radius 3 is 2.43 bits per heavy atom. The van der Waals surface area contributed by atoms with E-state index in [2.05, 4.69) is 0 Å². The van der Waals surface area contributed by atoms with Gasteiger partial charge in [0.2, 0.25) is 0 Å². The van der Waals surface area contributed by atoms with E-state index in [1.54, 1.807) is 29.2 Å². The maximum atomic E-state index is 13.8. The molecule has 3 nitrogen and oxygen atoms in total. The van der Waals surface area contributed by atoms with Crippen molar-refractivity contribution < 1.29 is 14.3 Å². The fourth-order valence-electron chi connectivity index (χ4n) is 2.74. The normalized spacial score (nSPS) is 17.1. The van der Waals surface area contributed by atoms with Crippen LogP contribution < -0.4 is 0 Å². The highest BCUT2D eigenvalue weighted by Gasteiger charge is 2.46. The Kier molecular flexibility index (Phi) is 3.21. The molecule has 2 aromatic rings. The van der Waals surface area contributed by atoms with Crippen molar-refractivity contribution in [3.05, 3.63) is 47.8 Å². The van der Waals surface area contributed by atoms with Gasteiger partial charge in [0.05, 0.1) is 13.1 Å². The summed E-state index contributed by atoms with van der Waals surface area (Å²) in [6.45, 7) is 4.54. The molecule has 1 aliphatic heterocycles. The molecule has 0 saturated carbocycles. The zero-order chi connectivity index (χ0) is 15.2. The lowest BCUT2D eigenvalue weighted by molar-refractivity contribution is -0.110. The van der Waals surface area contributed by atoms with Crippen molar-refractivity contribution >= 4 is 16.7 Å². The fourth-order valence-corrected chi connectivity index (χ4v) is 2.74. The molecule has 1 amide bonds. The Hall–Kier alpha value is -1.94. The molecule has 1 fully saturated rings. The number of hydrogen-bond acceptors (Lipinski definition) is 2. The van der Waals surface area contributed by atoms with E-state index in [1.165, 1.54) is 12.1 Å². The minimum Gasteiger partial charge on any atom is -0.386 e. The molecule has 4 heteroatoms. The van der Waals surface area contributed by atoms with Crippen molar-refractivity contribution in [2.45, 2.75) is 19.4 Å². The third kappa shape index (κ3) is 2.20. The van der Waals surface area contributed by atoms with Gasteiger partial charge in [-0.25, -0.2) is 4.39 Å². The van der Waals surface area contributed by atoms with Gasteiger partial charge in [-0.15, -0.1) is 0 Å². The molecule has 1 saturated heterocycles. The minimum atomic E-state index is -0.800. The number of benzene rings is 2. The average Bonchev–Trinajstić information content (AvgIpc) is 2.44. The van der Waals surface area contributed by atoms with Crippen LogP contribution in [0.3, 0.4) is 0 Å². The molecule has 1 N–H and O–H groups in total. The fraction of sp³-hybridized carbons (Fsp3) is 0.353. The van der Waals surface area contributed by atoms with Gasteiger partial charge in [-0.3, -0.25) is 4.79 Å². The summed E-state index contributed by atoms with van der Waals surface area (Å²) >= 11 is 0. The summed E-state index contributed by atoms with van der Waals surface area (Å²) in [7, 11) is 0. The molecule has 0 bridgehead atoms. The second-order valence-corrected chi connectivity index (χ2v) is 6.06. The second kappa shape index (κ2) is 4.81. The zero-order valence-corrected chi connectivity index (χ0v) is 12.1. The van der Waals surface area contributed by atoms with Gasteiger partial charge in [0, 0.05) is 10.9 Å². The number of nitrogens with zero attached hydrogens (tertiary/aromatic N) is 1. The molecular formula is C17H18FNO2. The molecule has 21 heavy (non-hydrogen) atoms. The molecule has 0 aliphatic carbocycles. The maximum absolute atomic E-state index is 13.8. The quantitative estimate of drug-likeness (QED) is 0.922. The standard InChI is InChI=1S/C17H18FNO2/c1-11(2)17(21)9-19(10-17)16(20)14-7-8-15(18)13-6-4-3-5-12(13)14/h3-8,11,21H,9-10H2,1-2H3. The lowest BCUT2D eigenvalue weighted by Gasteiger charge is -2.49. The van der Waals surface area contributed by atoms with E-state index in [-0.39, 0.29) is 17.6 Å². The Morgan fingerprint density at radius 1 is 1.19 bits per heavy atom. The third-order valence-electron chi connectivity index (χ3n) is 4.39. The van der Waals surface area contributed by atoms with Gasteiger partial charge in [-0.1, -0.05) is 38.1 Å². The molecule has 0 radical (unpaired) electrons. The molecular weight excluding hydrogens is 269 g/mol. The summed E-state index contributed by atoms with van der Waals surface area (Å²) in [4.78, 5) is 14.2. The first-order valence-electron chi connectivity index (χ1n) is 7.11. The minimum absolute atomic E-state index is 0.103. The third-order valence-corrected chi connectivity index (χ3v) is 4.39. The maximum Gasteiger partial charge on any atom is 0.254 e. The number of halogens is 1. The molecule has 0 atom stereocenters. The Bertz CT molecular complexity index is 705. The first-order chi connectivity index (χ1) is 9.92. The Labute approximate surface area is 123 Å². The number of hydrogen-bond donors (Lipinski definition) is 1. The number of rotatable bonds is 2. The van der Waals surface area contributed by atoms with Crippen LogP contribution in [0, 0.1) is 11.7 Å². The largest absolute Gasteiger partial charge is 0.386 e. The summed E-state index contributed by atoms with van der Waals surface area (Å²) in [6, 6.07) is 9.80. The number of carbonyl (C=O) groups excluding carboxylic acids is 1. The molecule has 1 aliphatic rings. The lowest BCUT2D eigenvalue weighted by Crippen LogP contribution is -2.65. The van der Waals surface area contributed by atoms with Crippen LogP contribution in [0.15, 0.2) is 36.4 Å². The van der Waals surface area contributed by atoms with E-state index in [0.717, 1.165) is 0 Å². The number of amides is 1. The van der Waals surface area contributed by atoms with Crippen LogP contribution in [0.4, 0.5) is 4.39 Å². The number of likely N-dealkylation sites (tertiary alicyclic amines) is 1. The van der Waals surface area contributed by atoms with E-state index in [9.17, 15) is 14.3 Å². The molecule has 1 heterocycles. The van der Waals surface area contributed by atoms with Crippen molar-refractivity contribution in [1.82, 2.24) is 4.90 Å². The number of aliphatic hydroxyl groups is 1. The van der Waals surface area contributed by atoms with Gasteiger partial charge in [0.1, 0.15) is 11.4 Å². The van der Waals surface area contributed by atoms with Crippen LogP contribution in [0.25, 0.3) is 10.8 Å². The first-order valence-corrected chi connectivity index (χ1v) is 7.11. The number of fused-ring (bicyclic) bond motifs is 1. The predicted octanol–water partition coefficient (Wildman–Crippen LogP) is 2.82. The molecule has 110 valence electrons. The number of β-amino-alcohol motifs (C(OH)–C–C–N with tert-alkyl or cyclic N) is 1. The van der Waals surface area contributed by atoms with Crippen LogP contribution in [0.2, 0.25) is 0 Å². The van der Waals surface area contributed by atoms with Gasteiger partial charge < -0.3 is 10.0 Å². The SMILES string of the molecule is CC(C)C1(O)CN(C(=O)c2ccc(F)c3ccccc23)C1. The van der Waals surface area contributed by atoms with Crippen molar-refractivity contribution in [2.24, 2.45) is 5.92 Å². The smallest absolute Gasteiger partial charge is 0.254 e. The average molecular weight is 287 g/mol. The summed E-state index contributed by atoms with van der Waals surface area (Å²) in [5.74, 6) is -0.382. The van der Waals surface area contributed by atoms with Crippen LogP contribution in [-0.4, -0.2) is 34.6 Å². The topological polar surface area (TPSA) is 40.5 Å². The molecule has 0 unspecified atom stereocenters. The van der Waals surface area contributed by atoms with Crippen molar-refractivity contribution in [3.8, 4) is 0 Å². The summed E-state index contributed by atoms with van der Waals surface area (Å²) in [5, 5.41) is 11.3. The van der Waals surface area contributed by atoms with Gasteiger partial charge in [0.15, 0.2) is 0 Å². The van der Waals surface area contributed by atoms with E-state index in [1.807, 2.05) is 13.8 Å². The van der Waals surface area contributed by atoms with Crippen molar-refractivity contribution in [2.75, 3.05) is 13.1 Å². The predicted molar refractivity (Wildman–Crippen MR) is 79.6 cm³/mol. The molecule has 3 rings (SSSR count). The lowest BCUT2D eigenvalue weighted by atomic mass is 9.82. The summed E-state index contributed by atoms with van der Waals surface area (Å²) in [5.41, 5.74) is -0.316. The highest BCUT2D eigenvalue weighted by atomic mass is 19.1. The zero-order valence-electron chi connectivity index (χ0n) is 12.1. The van der Waals surface area contributed by atoms with Gasteiger partial charge in [-0.05, 0) is 23.4 Å². The molecule has 0 aromatic heterocycles. The molecule has 0 spiro atoms. The van der Waals surface area contributed by atoms with Crippen LogP contribution in [0.1, 0.15) is 24.2 Å². The summed E-state index contributed by atoms with van der Waals surface area (Å²) in [6.07, 6.45) is 0. The van der Waals surface area contributed by atoms with E-state index >= 15 is 0 Å². The Balaban J connectivity index is 1.92. The van der Waals surface area contributed by atoms with Gasteiger partial charge in [-0.2, -0.15) is 0 Å². The highest BCUT2D eigenvalue weighted by molar-refractivity contribution is 6.07. The van der Waals surface area contributed by atoms with Crippen molar-refractivity contribution in [3.63, 3.8) is 0 Å². The van der Waals surface area contributed by atoms with E-state index < -0.39 is 5.60 Å². The van der Waals surface area contributed by atoms with Crippen LogP contribution in [-0.2, 0) is 0 Å². The van der Waals surface area contributed by atoms with E-state index in [0.29, 0.717) is 29.4 Å². The monoisotopic (exact) mass is 287 g/mol. The second-order valence-electron chi connectivity index (χ2n) is 6.06. The van der Waals surface area contributed by atoms with Crippen LogP contribution >= 0.6 is 0 Å². The first kappa shape index (κ1) is 14.0. The van der Waals surface area contributed by atoms with Crippen LogP contribution in [0.5, 0.6) is 0 Å². The van der Waals surface area contributed by atoms with Crippen molar-refractivity contribution in [1.29, 1.82) is 0 Å². The van der Waals surface area contributed by atoms with Gasteiger partial charge >= 0.3 is 0 Å². The summed E-state index contributed by atoms with van der Waals surface area (Å²) < 4.78 is 13.8. The number of carbonyl (C=O) groups is 1. The molecule has 2 aromatic carbocycles. The van der Waals surface area contributed by atoms with Gasteiger partial charge in [0.25, 0.3) is 5.91 Å². The van der Waals surface area contributed by atoms with E-state index in [4.69, 9.17) is 0 Å². The highest BCUT2D eigenvalue weighted by Crippen LogP contribution is 2.31. The Morgan fingerprint density at radius 2 is 1.81 bits per heavy atom.